The molecule has 0 amide bonds. The molecule has 0 aliphatic rings. The number of halogens is 2. The number of hydrogen-bond donors (Lipinski definition) is 0. The number of unbranched alkanes of at least 4 members (excludes halogenated alkanes) is 14. The molecule has 0 N–H and O–H groups in total. The van der Waals surface area contributed by atoms with E-state index in [2.05, 4.69) is 56.5 Å². The smallest absolute Gasteiger partial charge is 0.0618 e. The zero-order chi connectivity index (χ0) is 26.7. The molecule has 0 spiro atoms. The Balaban J connectivity index is 1.35. The Morgan fingerprint density at radius 1 is 0.474 bits per heavy atom. The summed E-state index contributed by atoms with van der Waals surface area (Å²) in [6, 6.07) is 0. The van der Waals surface area contributed by atoms with Gasteiger partial charge < -0.3 is 0 Å². The maximum absolute atomic E-state index is 4.01. The normalized spacial score (nSPS) is 12.0. The second-order valence-electron chi connectivity index (χ2n) is 10.8. The third kappa shape index (κ3) is 8.18. The van der Waals surface area contributed by atoms with Crippen LogP contribution in [-0.2, 0) is 12.8 Å². The Bertz CT molecular complexity index is 1140. The molecule has 4 heterocycles. The predicted octanol–water partition coefficient (Wildman–Crippen LogP) is 14.8. The van der Waals surface area contributed by atoms with Crippen LogP contribution in [0.2, 0.25) is 0 Å². The average Bonchev–Trinajstić information content (AvgIpc) is 3.66. The fourth-order valence-electron chi connectivity index (χ4n) is 5.33. The van der Waals surface area contributed by atoms with E-state index in [4.69, 9.17) is 0 Å². The largest absolute Gasteiger partial charge is 0.141 e. The van der Waals surface area contributed by atoms with Gasteiger partial charge >= 0.3 is 0 Å². The SMILES string of the molecule is CCCCCCCCCCc1csc2c(Br)c(-c3sc4c(CCCCCCCCCC)csc4c3Br)sc12. The van der Waals surface area contributed by atoms with Gasteiger partial charge in [0, 0.05) is 0 Å². The van der Waals surface area contributed by atoms with Crippen LogP contribution in [0.4, 0.5) is 0 Å². The molecule has 0 nitrogen and oxygen atoms in total. The van der Waals surface area contributed by atoms with E-state index in [1.807, 2.05) is 45.3 Å². The minimum absolute atomic E-state index is 1.23. The van der Waals surface area contributed by atoms with Crippen molar-refractivity contribution in [3.8, 4) is 9.75 Å². The van der Waals surface area contributed by atoms with Crippen LogP contribution in [-0.4, -0.2) is 0 Å². The highest BCUT2D eigenvalue weighted by molar-refractivity contribution is 9.11. The summed E-state index contributed by atoms with van der Waals surface area (Å²) in [7, 11) is 0. The highest BCUT2D eigenvalue weighted by Crippen LogP contribution is 2.54. The lowest BCUT2D eigenvalue weighted by atomic mass is 10.1. The van der Waals surface area contributed by atoms with Gasteiger partial charge in [-0.15, -0.1) is 45.3 Å². The van der Waals surface area contributed by atoms with Crippen molar-refractivity contribution < 1.29 is 0 Å². The number of fused-ring (bicyclic) bond motifs is 2. The van der Waals surface area contributed by atoms with Gasteiger partial charge in [-0.1, -0.05) is 104 Å². The monoisotopic (exact) mass is 714 g/mol. The van der Waals surface area contributed by atoms with E-state index in [9.17, 15) is 0 Å². The molecule has 0 atom stereocenters. The van der Waals surface area contributed by atoms with Gasteiger partial charge in [-0.25, -0.2) is 0 Å². The van der Waals surface area contributed by atoms with Crippen LogP contribution in [0.1, 0.15) is 128 Å². The minimum Gasteiger partial charge on any atom is -0.141 e. The van der Waals surface area contributed by atoms with Crippen LogP contribution in [0.25, 0.3) is 28.6 Å². The van der Waals surface area contributed by atoms with E-state index < -0.39 is 0 Å². The lowest BCUT2D eigenvalue weighted by Crippen LogP contribution is -1.84. The zero-order valence-corrected chi connectivity index (χ0v) is 29.7. The van der Waals surface area contributed by atoms with Crippen LogP contribution in [0.5, 0.6) is 0 Å². The van der Waals surface area contributed by atoms with Crippen molar-refractivity contribution in [2.75, 3.05) is 0 Å². The maximum atomic E-state index is 4.01. The van der Waals surface area contributed by atoms with E-state index >= 15 is 0 Å². The van der Waals surface area contributed by atoms with Crippen molar-refractivity contribution >= 4 is 96.0 Å². The van der Waals surface area contributed by atoms with Crippen LogP contribution in [0, 0.1) is 0 Å². The molecule has 0 aromatic carbocycles. The molecular weight excluding hydrogens is 672 g/mol. The molecule has 0 saturated heterocycles. The molecule has 38 heavy (non-hydrogen) atoms. The molecule has 0 radical (unpaired) electrons. The zero-order valence-electron chi connectivity index (χ0n) is 23.3. The molecule has 0 unspecified atom stereocenters. The van der Waals surface area contributed by atoms with E-state index in [1.54, 1.807) is 11.1 Å². The second-order valence-corrected chi connectivity index (χ2v) is 16.2. The van der Waals surface area contributed by atoms with Gasteiger partial charge in [-0.2, -0.15) is 0 Å². The summed E-state index contributed by atoms with van der Waals surface area (Å²) in [6.07, 6.45) is 24.7. The van der Waals surface area contributed by atoms with Crippen LogP contribution in [0.3, 0.4) is 0 Å². The molecule has 0 aliphatic carbocycles. The van der Waals surface area contributed by atoms with Gasteiger partial charge in [0.1, 0.15) is 0 Å². The standard InChI is InChI=1S/C32H44Br2S4/c1-3-5-7-9-11-13-15-17-19-23-21-35-29-25(33)31(37-27(23)29)32-26(34)30-28(38-32)24(22-36-30)20-18-16-14-12-10-8-6-4-2/h21-22H,3-20H2,1-2H3. The van der Waals surface area contributed by atoms with E-state index in [0.29, 0.717) is 0 Å². The quantitative estimate of drug-likeness (QED) is 0.0848. The van der Waals surface area contributed by atoms with Crippen molar-refractivity contribution in [2.24, 2.45) is 0 Å². The summed E-state index contributed by atoms with van der Waals surface area (Å²) in [5.41, 5.74) is 3.13. The summed E-state index contributed by atoms with van der Waals surface area (Å²) in [6.45, 7) is 4.59. The third-order valence-electron chi connectivity index (χ3n) is 7.65. The van der Waals surface area contributed by atoms with Crippen molar-refractivity contribution in [3.05, 3.63) is 30.8 Å². The number of thiophene rings is 4. The Morgan fingerprint density at radius 3 is 1.18 bits per heavy atom. The van der Waals surface area contributed by atoms with E-state index in [1.165, 1.54) is 153 Å². The van der Waals surface area contributed by atoms with Crippen molar-refractivity contribution in [1.29, 1.82) is 0 Å². The molecule has 0 saturated carbocycles. The van der Waals surface area contributed by atoms with E-state index in [0.717, 1.165) is 0 Å². The van der Waals surface area contributed by atoms with Gasteiger partial charge in [0.15, 0.2) is 0 Å². The van der Waals surface area contributed by atoms with Gasteiger partial charge in [0.25, 0.3) is 0 Å². The van der Waals surface area contributed by atoms with Crippen molar-refractivity contribution in [1.82, 2.24) is 0 Å². The molecule has 0 aliphatic heterocycles. The number of hydrogen-bond acceptors (Lipinski definition) is 4. The lowest BCUT2D eigenvalue weighted by molar-refractivity contribution is 0.576. The van der Waals surface area contributed by atoms with Gasteiger partial charge in [-0.3, -0.25) is 0 Å². The molecule has 4 aromatic heterocycles. The summed E-state index contributed by atoms with van der Waals surface area (Å²) in [5.74, 6) is 0. The van der Waals surface area contributed by atoms with Crippen molar-refractivity contribution in [3.63, 3.8) is 0 Å². The summed E-state index contributed by atoms with van der Waals surface area (Å²) >= 11 is 15.9. The summed E-state index contributed by atoms with van der Waals surface area (Å²) in [4.78, 5) is 2.84. The first-order chi connectivity index (χ1) is 18.7. The average molecular weight is 717 g/mol. The van der Waals surface area contributed by atoms with Crippen LogP contribution < -0.4 is 0 Å². The number of aryl methyl sites for hydroxylation is 2. The lowest BCUT2D eigenvalue weighted by Gasteiger charge is -2.01. The highest BCUT2D eigenvalue weighted by atomic mass is 79.9. The van der Waals surface area contributed by atoms with Gasteiger partial charge in [0.2, 0.25) is 0 Å². The fraction of sp³-hybridized carbons (Fsp3) is 0.625. The molecule has 4 aromatic rings. The number of rotatable bonds is 19. The molecular formula is C32H44Br2S4. The summed E-state index contributed by atoms with van der Waals surface area (Å²) < 4.78 is 8.54. The van der Waals surface area contributed by atoms with Crippen molar-refractivity contribution in [2.45, 2.75) is 129 Å². The maximum Gasteiger partial charge on any atom is 0.0618 e. The third-order valence-corrected chi connectivity index (χ3v) is 15.3. The first-order valence-electron chi connectivity index (χ1n) is 15.0. The first-order valence-corrected chi connectivity index (χ1v) is 20.0. The predicted molar refractivity (Wildman–Crippen MR) is 186 cm³/mol. The highest BCUT2D eigenvalue weighted by Gasteiger charge is 2.22. The minimum atomic E-state index is 1.23. The first kappa shape index (κ1) is 31.2. The van der Waals surface area contributed by atoms with Gasteiger partial charge in [0.05, 0.1) is 37.5 Å². The molecule has 0 bridgehead atoms. The Kier molecular flexibility index (Phi) is 13.7. The molecule has 210 valence electrons. The Morgan fingerprint density at radius 2 is 0.816 bits per heavy atom. The summed E-state index contributed by atoms with van der Waals surface area (Å²) in [5, 5.41) is 4.84. The molecule has 0 fully saturated rings. The molecule has 6 heteroatoms. The van der Waals surface area contributed by atoms with Gasteiger partial charge in [-0.05, 0) is 79.4 Å². The Labute approximate surface area is 263 Å². The van der Waals surface area contributed by atoms with E-state index in [-0.39, 0.29) is 0 Å². The Hall–Kier alpha value is 0.280. The fourth-order valence-corrected chi connectivity index (χ4v) is 12.8. The van der Waals surface area contributed by atoms with Crippen LogP contribution >= 0.6 is 77.2 Å². The second kappa shape index (κ2) is 16.7. The topological polar surface area (TPSA) is 0 Å². The van der Waals surface area contributed by atoms with Crippen LogP contribution in [0.15, 0.2) is 19.7 Å². The molecule has 4 rings (SSSR count).